The van der Waals surface area contributed by atoms with Crippen LogP contribution in [0.2, 0.25) is 71.0 Å². The molecule has 116 valence electrons. The minimum absolute atomic E-state index is 0.888. The highest BCUT2D eigenvalue weighted by Gasteiger charge is 2.23. The van der Waals surface area contributed by atoms with Crippen molar-refractivity contribution in [2.75, 3.05) is 6.61 Å². The minimum atomic E-state index is -1.32. The molecule has 0 heterocycles. The van der Waals surface area contributed by atoms with Gasteiger partial charge in [0.15, 0.2) is 8.32 Å². The van der Waals surface area contributed by atoms with Gasteiger partial charge in [0.1, 0.15) is 0 Å². The molecule has 0 fully saturated rings. The van der Waals surface area contributed by atoms with Crippen LogP contribution < -0.4 is 0 Å². The second-order valence-electron chi connectivity index (χ2n) is 9.48. The zero-order valence-corrected chi connectivity index (χ0v) is 18.0. The topological polar surface area (TPSA) is 9.23 Å². The molecule has 0 N–H and O–H groups in total. The van der Waals surface area contributed by atoms with Crippen LogP contribution in [0.25, 0.3) is 0 Å². The zero-order chi connectivity index (χ0) is 15.3. The molecule has 1 nitrogen and oxygen atoms in total. The summed E-state index contributed by atoms with van der Waals surface area (Å²) >= 11 is 0. The highest BCUT2D eigenvalue weighted by atomic mass is 28.4. The van der Waals surface area contributed by atoms with Crippen LogP contribution in [0, 0.1) is 5.92 Å². The molecule has 0 bridgehead atoms. The molecule has 0 aliphatic rings. The first-order chi connectivity index (χ1) is 8.29. The van der Waals surface area contributed by atoms with E-state index in [1.54, 1.807) is 0 Å². The Morgan fingerprint density at radius 3 is 1.63 bits per heavy atom. The summed E-state index contributed by atoms with van der Waals surface area (Å²) in [7, 11) is -3.15. The van der Waals surface area contributed by atoms with Crippen LogP contribution in [0.5, 0.6) is 0 Å². The monoisotopic (exact) mass is 318 g/mol. The zero-order valence-electron chi connectivity index (χ0n) is 15.0. The fourth-order valence-electron chi connectivity index (χ4n) is 2.38. The Labute approximate surface area is 125 Å². The summed E-state index contributed by atoms with van der Waals surface area (Å²) in [6.07, 6.45) is 2.73. The van der Waals surface area contributed by atoms with E-state index in [9.17, 15) is 0 Å². The lowest BCUT2D eigenvalue weighted by Crippen LogP contribution is -2.29. The van der Waals surface area contributed by atoms with E-state index >= 15 is 0 Å². The molecule has 0 amide bonds. The second-order valence-corrected chi connectivity index (χ2v) is 25.1. The van der Waals surface area contributed by atoms with Gasteiger partial charge in [-0.2, -0.15) is 0 Å². The molecule has 0 rings (SSSR count). The average Bonchev–Trinajstić information content (AvgIpc) is 2.08. The molecule has 0 saturated heterocycles. The standard InChI is InChI=1S/C15H38OSi3/c1-17(2,3)13-11-15(14-18(4,5)6)10-12-16-19(7,8)9/h15H,10-14H2,1-9H3. The predicted molar refractivity (Wildman–Crippen MR) is 98.3 cm³/mol. The van der Waals surface area contributed by atoms with E-state index in [1.807, 2.05) is 0 Å². The molecule has 0 aromatic carbocycles. The third-order valence-electron chi connectivity index (χ3n) is 3.26. The molecule has 0 saturated carbocycles. The quantitative estimate of drug-likeness (QED) is 0.480. The number of hydrogen-bond donors (Lipinski definition) is 0. The van der Waals surface area contributed by atoms with E-state index in [0.29, 0.717) is 0 Å². The first kappa shape index (κ1) is 19.6. The summed E-state index contributed by atoms with van der Waals surface area (Å²) in [5.74, 6) is 0.912. The Kier molecular flexibility index (Phi) is 7.81. The largest absolute Gasteiger partial charge is 0.418 e. The maximum atomic E-state index is 6.07. The van der Waals surface area contributed by atoms with Crippen molar-refractivity contribution in [3.8, 4) is 0 Å². The van der Waals surface area contributed by atoms with Gasteiger partial charge in [-0.15, -0.1) is 0 Å². The Hall–Kier alpha value is 0.611. The Bertz CT molecular complexity index is 246. The Balaban J connectivity index is 4.27. The summed E-state index contributed by atoms with van der Waals surface area (Å²) in [6.45, 7) is 22.9. The van der Waals surface area contributed by atoms with E-state index < -0.39 is 24.5 Å². The van der Waals surface area contributed by atoms with Gasteiger partial charge in [-0.25, -0.2) is 0 Å². The molecular weight excluding hydrogens is 280 g/mol. The maximum Gasteiger partial charge on any atom is 0.183 e. The number of rotatable bonds is 9. The summed E-state index contributed by atoms with van der Waals surface area (Å²) < 4.78 is 6.07. The molecule has 1 unspecified atom stereocenters. The predicted octanol–water partition coefficient (Wildman–Crippen LogP) is 5.91. The third-order valence-corrected chi connectivity index (χ3v) is 7.93. The van der Waals surface area contributed by atoms with Crippen molar-refractivity contribution in [3.05, 3.63) is 0 Å². The van der Waals surface area contributed by atoms with Gasteiger partial charge < -0.3 is 4.43 Å². The van der Waals surface area contributed by atoms with Crippen LogP contribution >= 0.6 is 0 Å². The van der Waals surface area contributed by atoms with Crippen molar-refractivity contribution in [3.63, 3.8) is 0 Å². The smallest absolute Gasteiger partial charge is 0.183 e. The van der Waals surface area contributed by atoms with Gasteiger partial charge in [0.05, 0.1) is 0 Å². The molecule has 0 radical (unpaired) electrons. The van der Waals surface area contributed by atoms with Crippen LogP contribution in [-0.4, -0.2) is 31.1 Å². The lowest BCUT2D eigenvalue weighted by Gasteiger charge is -2.28. The molecule has 0 aromatic heterocycles. The van der Waals surface area contributed by atoms with Gasteiger partial charge in [-0.3, -0.25) is 0 Å². The SMILES string of the molecule is C[Si](C)(C)CCC(CCO[Si](C)(C)C)C[Si](C)(C)C. The van der Waals surface area contributed by atoms with Gasteiger partial charge in [0, 0.05) is 22.8 Å². The molecule has 19 heavy (non-hydrogen) atoms. The van der Waals surface area contributed by atoms with E-state index in [2.05, 4.69) is 58.9 Å². The molecule has 0 aromatic rings. The van der Waals surface area contributed by atoms with Gasteiger partial charge in [0.2, 0.25) is 0 Å². The van der Waals surface area contributed by atoms with Crippen LogP contribution in [0.4, 0.5) is 0 Å². The molecular formula is C15H38OSi3. The lowest BCUT2D eigenvalue weighted by molar-refractivity contribution is 0.275. The van der Waals surface area contributed by atoms with E-state index in [0.717, 1.165) is 12.5 Å². The van der Waals surface area contributed by atoms with E-state index in [-0.39, 0.29) is 0 Å². The van der Waals surface area contributed by atoms with E-state index in [1.165, 1.54) is 24.9 Å². The molecule has 0 aliphatic heterocycles. The van der Waals surface area contributed by atoms with Gasteiger partial charge in [0.25, 0.3) is 0 Å². The van der Waals surface area contributed by atoms with Crippen LogP contribution in [0.1, 0.15) is 12.8 Å². The van der Waals surface area contributed by atoms with Crippen molar-refractivity contribution in [2.24, 2.45) is 5.92 Å². The highest BCUT2D eigenvalue weighted by Crippen LogP contribution is 2.27. The fraction of sp³-hybridized carbons (Fsp3) is 1.00. The lowest BCUT2D eigenvalue weighted by atomic mass is 10.1. The summed E-state index contributed by atoms with van der Waals surface area (Å²) in [4.78, 5) is 0. The Morgan fingerprint density at radius 1 is 0.737 bits per heavy atom. The van der Waals surface area contributed by atoms with Crippen molar-refractivity contribution in [2.45, 2.75) is 83.9 Å². The summed E-state index contributed by atoms with van der Waals surface area (Å²) in [5.41, 5.74) is 0. The van der Waals surface area contributed by atoms with Crippen LogP contribution in [-0.2, 0) is 4.43 Å². The van der Waals surface area contributed by atoms with Crippen molar-refractivity contribution in [1.82, 2.24) is 0 Å². The normalized spacial score (nSPS) is 15.6. The summed E-state index contributed by atoms with van der Waals surface area (Å²) in [6, 6.07) is 2.96. The van der Waals surface area contributed by atoms with Crippen molar-refractivity contribution < 1.29 is 4.43 Å². The second kappa shape index (κ2) is 7.57. The van der Waals surface area contributed by atoms with Crippen molar-refractivity contribution >= 4 is 24.5 Å². The molecule has 0 spiro atoms. The Morgan fingerprint density at radius 2 is 1.26 bits per heavy atom. The highest BCUT2D eigenvalue weighted by molar-refractivity contribution is 6.76. The minimum Gasteiger partial charge on any atom is -0.418 e. The van der Waals surface area contributed by atoms with Gasteiger partial charge in [-0.1, -0.05) is 57.8 Å². The van der Waals surface area contributed by atoms with Gasteiger partial charge in [-0.05, 0) is 32.0 Å². The summed E-state index contributed by atoms with van der Waals surface area (Å²) in [5, 5.41) is 0. The maximum absolute atomic E-state index is 6.07. The van der Waals surface area contributed by atoms with E-state index in [4.69, 9.17) is 4.43 Å². The van der Waals surface area contributed by atoms with Gasteiger partial charge >= 0.3 is 0 Å². The molecule has 0 aliphatic carbocycles. The third kappa shape index (κ3) is 14.8. The molecule has 1 atom stereocenters. The first-order valence-corrected chi connectivity index (χ1v) is 18.7. The fourth-order valence-corrected chi connectivity index (χ4v) is 6.53. The average molecular weight is 319 g/mol. The first-order valence-electron chi connectivity index (χ1n) is 7.92. The van der Waals surface area contributed by atoms with Crippen molar-refractivity contribution in [1.29, 1.82) is 0 Å². The van der Waals surface area contributed by atoms with Crippen LogP contribution in [0.3, 0.4) is 0 Å². The van der Waals surface area contributed by atoms with Crippen LogP contribution in [0.15, 0.2) is 0 Å². The number of hydrogen-bond acceptors (Lipinski definition) is 1. The molecule has 4 heteroatoms.